The summed E-state index contributed by atoms with van der Waals surface area (Å²) >= 11 is 5.96. The molecule has 0 bridgehead atoms. The third-order valence-corrected chi connectivity index (χ3v) is 2.77. The molecule has 0 aromatic heterocycles. The van der Waals surface area contributed by atoms with Crippen molar-refractivity contribution in [3.63, 3.8) is 0 Å². The molecule has 1 N–H and O–H groups in total. The van der Waals surface area contributed by atoms with Gasteiger partial charge in [0.05, 0.1) is 0 Å². The predicted molar refractivity (Wildman–Crippen MR) is 66.3 cm³/mol. The van der Waals surface area contributed by atoms with E-state index in [2.05, 4.69) is 10.2 Å². The molecule has 0 aliphatic carbocycles. The third kappa shape index (κ3) is 4.47. The first-order valence-electron chi connectivity index (χ1n) is 5.40. The van der Waals surface area contributed by atoms with Crippen molar-refractivity contribution in [1.82, 2.24) is 10.2 Å². The topological polar surface area (TPSA) is 15.3 Å². The fraction of sp³-hybridized carbons (Fsp3) is 0.500. The number of halogens is 2. The Morgan fingerprint density at radius 2 is 2.19 bits per heavy atom. The molecular formula is C12H18ClFN2. The van der Waals surface area contributed by atoms with E-state index in [1.165, 1.54) is 12.1 Å². The van der Waals surface area contributed by atoms with Crippen molar-refractivity contribution < 1.29 is 4.39 Å². The summed E-state index contributed by atoms with van der Waals surface area (Å²) in [5, 5.41) is 3.60. The number of hydrogen-bond donors (Lipinski definition) is 1. The summed E-state index contributed by atoms with van der Waals surface area (Å²) in [6, 6.07) is 4.55. The second-order valence-corrected chi connectivity index (χ2v) is 4.34. The van der Waals surface area contributed by atoms with Crippen LogP contribution in [0.1, 0.15) is 12.0 Å². The first-order chi connectivity index (χ1) is 7.63. The maximum Gasteiger partial charge on any atom is 0.124 e. The van der Waals surface area contributed by atoms with E-state index >= 15 is 0 Å². The number of rotatable bonds is 6. The zero-order valence-corrected chi connectivity index (χ0v) is 10.5. The van der Waals surface area contributed by atoms with E-state index in [-0.39, 0.29) is 5.82 Å². The Bertz CT molecular complexity index is 331. The lowest BCUT2D eigenvalue weighted by molar-refractivity contribution is 0.321. The molecule has 0 atom stereocenters. The molecule has 1 aromatic rings. The standard InChI is InChI=1S/C12H18ClFN2/c1-15-6-3-7-16(2)9-10-4-5-11(14)8-12(10)13/h4-5,8,15H,3,6-7,9H2,1-2H3. The van der Waals surface area contributed by atoms with Crippen LogP contribution < -0.4 is 5.32 Å². The second-order valence-electron chi connectivity index (χ2n) is 3.93. The molecule has 0 heterocycles. The van der Waals surface area contributed by atoms with Crippen LogP contribution in [-0.2, 0) is 6.54 Å². The SMILES string of the molecule is CNCCCN(C)Cc1ccc(F)cc1Cl. The Balaban J connectivity index is 2.46. The average molecular weight is 245 g/mol. The quantitative estimate of drug-likeness (QED) is 0.774. The van der Waals surface area contributed by atoms with Crippen molar-refractivity contribution in [3.05, 3.63) is 34.6 Å². The zero-order chi connectivity index (χ0) is 12.0. The highest BCUT2D eigenvalue weighted by Gasteiger charge is 2.05. The highest BCUT2D eigenvalue weighted by molar-refractivity contribution is 6.31. The molecule has 0 radical (unpaired) electrons. The van der Waals surface area contributed by atoms with Gasteiger partial charge in [0.25, 0.3) is 0 Å². The molecule has 0 saturated heterocycles. The molecule has 0 unspecified atom stereocenters. The summed E-state index contributed by atoms with van der Waals surface area (Å²) in [5.74, 6) is -0.286. The summed E-state index contributed by atoms with van der Waals surface area (Å²) in [6.45, 7) is 2.75. The molecular weight excluding hydrogens is 227 g/mol. The fourth-order valence-electron chi connectivity index (χ4n) is 1.55. The molecule has 0 aliphatic rings. The Hall–Kier alpha value is -0.640. The Morgan fingerprint density at radius 3 is 2.81 bits per heavy atom. The van der Waals surface area contributed by atoms with E-state index in [0.717, 1.165) is 31.6 Å². The van der Waals surface area contributed by atoms with Crippen molar-refractivity contribution >= 4 is 11.6 Å². The lowest BCUT2D eigenvalue weighted by atomic mass is 10.2. The third-order valence-electron chi connectivity index (χ3n) is 2.42. The Morgan fingerprint density at radius 1 is 1.44 bits per heavy atom. The van der Waals surface area contributed by atoms with Gasteiger partial charge in [-0.25, -0.2) is 4.39 Å². The van der Waals surface area contributed by atoms with Gasteiger partial charge in [0.1, 0.15) is 5.82 Å². The summed E-state index contributed by atoms with van der Waals surface area (Å²) in [7, 11) is 3.98. The van der Waals surface area contributed by atoms with E-state index in [9.17, 15) is 4.39 Å². The Labute approximate surface area is 101 Å². The smallest absolute Gasteiger partial charge is 0.124 e. The van der Waals surface area contributed by atoms with Gasteiger partial charge in [0, 0.05) is 11.6 Å². The van der Waals surface area contributed by atoms with E-state index < -0.39 is 0 Å². The number of nitrogens with zero attached hydrogens (tertiary/aromatic N) is 1. The number of hydrogen-bond acceptors (Lipinski definition) is 2. The maximum absolute atomic E-state index is 12.8. The van der Waals surface area contributed by atoms with Crippen molar-refractivity contribution in [1.29, 1.82) is 0 Å². The van der Waals surface area contributed by atoms with E-state index in [1.54, 1.807) is 6.07 Å². The monoisotopic (exact) mass is 244 g/mol. The maximum atomic E-state index is 12.8. The van der Waals surface area contributed by atoms with Crippen LogP contribution in [-0.4, -0.2) is 32.1 Å². The van der Waals surface area contributed by atoms with Crippen LogP contribution in [0.4, 0.5) is 4.39 Å². The van der Waals surface area contributed by atoms with Gasteiger partial charge in [0.15, 0.2) is 0 Å². The first-order valence-corrected chi connectivity index (χ1v) is 5.78. The van der Waals surface area contributed by atoms with E-state index in [0.29, 0.717) is 5.02 Å². The highest BCUT2D eigenvalue weighted by atomic mass is 35.5. The second kappa shape index (κ2) is 6.84. The van der Waals surface area contributed by atoms with Gasteiger partial charge in [-0.15, -0.1) is 0 Å². The minimum absolute atomic E-state index is 0.286. The van der Waals surface area contributed by atoms with Gasteiger partial charge >= 0.3 is 0 Å². The van der Waals surface area contributed by atoms with Gasteiger partial charge in [-0.1, -0.05) is 17.7 Å². The molecule has 1 rings (SSSR count). The molecule has 0 aliphatic heterocycles. The first kappa shape index (κ1) is 13.4. The van der Waals surface area contributed by atoms with E-state index in [4.69, 9.17) is 11.6 Å². The van der Waals surface area contributed by atoms with Crippen molar-refractivity contribution in [3.8, 4) is 0 Å². The van der Waals surface area contributed by atoms with Crippen LogP contribution in [0.2, 0.25) is 5.02 Å². The van der Waals surface area contributed by atoms with Crippen LogP contribution in [0.5, 0.6) is 0 Å². The van der Waals surface area contributed by atoms with Crippen LogP contribution in [0.3, 0.4) is 0 Å². The summed E-state index contributed by atoms with van der Waals surface area (Å²) in [5.41, 5.74) is 0.968. The minimum Gasteiger partial charge on any atom is -0.320 e. The minimum atomic E-state index is -0.286. The van der Waals surface area contributed by atoms with Gasteiger partial charge in [-0.05, 0) is 51.3 Å². The number of benzene rings is 1. The molecule has 90 valence electrons. The molecule has 0 fully saturated rings. The lowest BCUT2D eigenvalue weighted by Crippen LogP contribution is -2.22. The zero-order valence-electron chi connectivity index (χ0n) is 9.76. The molecule has 4 heteroatoms. The van der Waals surface area contributed by atoms with E-state index in [1.807, 2.05) is 14.1 Å². The van der Waals surface area contributed by atoms with Crippen molar-refractivity contribution in [2.45, 2.75) is 13.0 Å². The molecule has 16 heavy (non-hydrogen) atoms. The normalized spacial score (nSPS) is 11.1. The van der Waals surface area contributed by atoms with Gasteiger partial charge in [-0.3, -0.25) is 0 Å². The summed E-state index contributed by atoms with van der Waals surface area (Å²) < 4.78 is 12.8. The number of nitrogens with one attached hydrogen (secondary N) is 1. The lowest BCUT2D eigenvalue weighted by Gasteiger charge is -2.17. The molecule has 1 aromatic carbocycles. The summed E-state index contributed by atoms with van der Waals surface area (Å²) in [6.07, 6.45) is 1.09. The highest BCUT2D eigenvalue weighted by Crippen LogP contribution is 2.18. The van der Waals surface area contributed by atoms with Crippen molar-refractivity contribution in [2.24, 2.45) is 0 Å². The van der Waals surface area contributed by atoms with Gasteiger partial charge < -0.3 is 10.2 Å². The van der Waals surface area contributed by atoms with Crippen LogP contribution in [0, 0.1) is 5.82 Å². The molecule has 2 nitrogen and oxygen atoms in total. The van der Waals surface area contributed by atoms with Crippen LogP contribution in [0.15, 0.2) is 18.2 Å². The Kier molecular flexibility index (Phi) is 5.74. The molecule has 0 amide bonds. The molecule has 0 saturated carbocycles. The van der Waals surface area contributed by atoms with Crippen molar-refractivity contribution in [2.75, 3.05) is 27.2 Å². The summed E-state index contributed by atoms with van der Waals surface area (Å²) in [4.78, 5) is 2.18. The largest absolute Gasteiger partial charge is 0.320 e. The predicted octanol–water partition coefficient (Wildman–Crippen LogP) is 2.52. The van der Waals surface area contributed by atoms with Gasteiger partial charge in [-0.2, -0.15) is 0 Å². The van der Waals surface area contributed by atoms with Gasteiger partial charge in [0.2, 0.25) is 0 Å². The van der Waals surface area contributed by atoms with Crippen LogP contribution >= 0.6 is 11.6 Å². The average Bonchev–Trinajstić information content (AvgIpc) is 2.23. The molecule has 0 spiro atoms. The fourth-order valence-corrected chi connectivity index (χ4v) is 1.77. The van der Waals surface area contributed by atoms with Crippen LogP contribution in [0.25, 0.3) is 0 Å².